The van der Waals surface area contributed by atoms with Crippen LogP contribution >= 0.6 is 15.9 Å². The van der Waals surface area contributed by atoms with Crippen molar-refractivity contribution in [1.29, 1.82) is 5.26 Å². The first-order chi connectivity index (χ1) is 14.7. The summed E-state index contributed by atoms with van der Waals surface area (Å²) >= 11 is 3.39. The Balaban J connectivity index is 1.99. The molecular formula is C26H28BrN3O. The molecule has 1 heterocycles. The normalized spacial score (nSPS) is 15.1. The van der Waals surface area contributed by atoms with Crippen LogP contribution in [0.5, 0.6) is 0 Å². The van der Waals surface area contributed by atoms with Gasteiger partial charge in [-0.25, -0.2) is 0 Å². The number of hydrogen-bond acceptors (Lipinski definition) is 3. The highest BCUT2D eigenvalue weighted by atomic mass is 79.9. The Labute approximate surface area is 193 Å². The summed E-state index contributed by atoms with van der Waals surface area (Å²) in [5, 5.41) is 12.4. The fraction of sp³-hybridized carbons (Fsp3) is 0.308. The average Bonchev–Trinajstić information content (AvgIpc) is 2.69. The molecule has 0 saturated carbocycles. The van der Waals surface area contributed by atoms with Gasteiger partial charge in [0.1, 0.15) is 11.6 Å². The van der Waals surface area contributed by atoms with E-state index in [1.165, 1.54) is 11.3 Å². The lowest BCUT2D eigenvalue weighted by molar-refractivity contribution is -0.112. The van der Waals surface area contributed by atoms with E-state index in [9.17, 15) is 10.1 Å². The number of fused-ring (bicyclic) bond motifs is 1. The second-order valence-corrected chi connectivity index (χ2v) is 9.41. The Morgan fingerprint density at radius 3 is 2.65 bits per heavy atom. The van der Waals surface area contributed by atoms with Crippen LogP contribution in [-0.2, 0) is 4.79 Å². The molecule has 31 heavy (non-hydrogen) atoms. The number of nitriles is 1. The highest BCUT2D eigenvalue weighted by Gasteiger charge is 2.31. The smallest absolute Gasteiger partial charge is 0.266 e. The Bertz CT molecular complexity index is 1120. The van der Waals surface area contributed by atoms with Gasteiger partial charge in [0.25, 0.3) is 5.91 Å². The van der Waals surface area contributed by atoms with Crippen LogP contribution in [0.3, 0.4) is 0 Å². The number of halogens is 1. The molecular weight excluding hydrogens is 450 g/mol. The SMILES string of the molecule is CCCN1c2cc(C)c(/C=C(\C#N)C(=O)Nc3cccc(Br)c3)cc2C(C)=CC1(C)C. The third-order valence-electron chi connectivity index (χ3n) is 5.56. The molecule has 5 heteroatoms. The van der Waals surface area contributed by atoms with Crippen LogP contribution in [0.2, 0.25) is 0 Å². The van der Waals surface area contributed by atoms with Crippen LogP contribution in [0.25, 0.3) is 11.6 Å². The molecule has 0 spiro atoms. The predicted molar refractivity (Wildman–Crippen MR) is 133 cm³/mol. The second kappa shape index (κ2) is 9.11. The molecule has 0 aromatic heterocycles. The number of carbonyl (C=O) groups excluding carboxylic acids is 1. The summed E-state index contributed by atoms with van der Waals surface area (Å²) in [4.78, 5) is 15.1. The van der Waals surface area contributed by atoms with Gasteiger partial charge in [-0.1, -0.05) is 35.0 Å². The van der Waals surface area contributed by atoms with Crippen molar-refractivity contribution in [2.45, 2.75) is 46.6 Å². The number of hydrogen-bond donors (Lipinski definition) is 1. The topological polar surface area (TPSA) is 56.1 Å². The van der Waals surface area contributed by atoms with E-state index in [4.69, 9.17) is 0 Å². The lowest BCUT2D eigenvalue weighted by atomic mass is 9.86. The molecule has 1 aliphatic heterocycles. The van der Waals surface area contributed by atoms with Gasteiger partial charge in [-0.3, -0.25) is 4.79 Å². The summed E-state index contributed by atoms with van der Waals surface area (Å²) in [6.07, 6.45) is 5.03. The monoisotopic (exact) mass is 477 g/mol. The summed E-state index contributed by atoms with van der Waals surface area (Å²) in [6, 6.07) is 13.6. The minimum atomic E-state index is -0.418. The molecule has 0 unspecified atom stereocenters. The van der Waals surface area contributed by atoms with Crippen LogP contribution in [0.15, 0.2) is 52.5 Å². The molecule has 2 aromatic rings. The van der Waals surface area contributed by atoms with Crippen molar-refractivity contribution < 1.29 is 4.79 Å². The van der Waals surface area contributed by atoms with Crippen LogP contribution in [0.1, 0.15) is 50.8 Å². The number of aryl methyl sites for hydroxylation is 1. The van der Waals surface area contributed by atoms with E-state index in [0.717, 1.165) is 34.1 Å². The van der Waals surface area contributed by atoms with E-state index in [2.05, 4.69) is 78.1 Å². The highest BCUT2D eigenvalue weighted by molar-refractivity contribution is 9.10. The zero-order chi connectivity index (χ0) is 22.8. The van der Waals surface area contributed by atoms with Gasteiger partial charge in [-0.15, -0.1) is 0 Å². The molecule has 0 aliphatic carbocycles. The molecule has 1 N–H and O–H groups in total. The number of allylic oxidation sites excluding steroid dienone is 1. The van der Waals surface area contributed by atoms with Crippen LogP contribution in [0, 0.1) is 18.3 Å². The Morgan fingerprint density at radius 1 is 1.26 bits per heavy atom. The van der Waals surface area contributed by atoms with Crippen LogP contribution in [-0.4, -0.2) is 18.0 Å². The van der Waals surface area contributed by atoms with Gasteiger partial charge in [0.05, 0.1) is 5.54 Å². The summed E-state index contributed by atoms with van der Waals surface area (Å²) in [6.45, 7) is 11.8. The first-order valence-corrected chi connectivity index (χ1v) is 11.3. The molecule has 3 rings (SSSR count). The molecule has 2 aromatic carbocycles. The van der Waals surface area contributed by atoms with Crippen molar-refractivity contribution >= 4 is 44.9 Å². The first kappa shape index (κ1) is 22.8. The van der Waals surface area contributed by atoms with Crippen molar-refractivity contribution in [3.63, 3.8) is 0 Å². The molecule has 1 aliphatic rings. The molecule has 0 fully saturated rings. The van der Waals surface area contributed by atoms with Gasteiger partial charge in [0.2, 0.25) is 0 Å². The standard InChI is InChI=1S/C26H28BrN3O/c1-6-10-30-24-11-17(2)19(13-23(24)18(3)15-26(30,4)5)12-20(16-28)25(31)29-22-9-7-8-21(27)14-22/h7-9,11-15H,6,10H2,1-5H3,(H,29,31)/b20-12+. The number of nitrogens with zero attached hydrogens (tertiary/aromatic N) is 2. The molecule has 0 bridgehead atoms. The maximum Gasteiger partial charge on any atom is 0.266 e. The van der Waals surface area contributed by atoms with Gasteiger partial charge in [-0.2, -0.15) is 5.26 Å². The van der Waals surface area contributed by atoms with Gasteiger partial charge in [0, 0.05) is 28.0 Å². The molecule has 0 radical (unpaired) electrons. The summed E-state index contributed by atoms with van der Waals surface area (Å²) in [7, 11) is 0. The van der Waals surface area contributed by atoms with E-state index in [1.807, 2.05) is 19.1 Å². The minimum absolute atomic E-state index is 0.0570. The largest absolute Gasteiger partial charge is 0.362 e. The van der Waals surface area contributed by atoms with Crippen molar-refractivity contribution in [2.75, 3.05) is 16.8 Å². The fourth-order valence-electron chi connectivity index (χ4n) is 4.10. The Hall–Kier alpha value is -2.84. The molecule has 1 amide bonds. The average molecular weight is 478 g/mol. The number of carbonyl (C=O) groups is 1. The highest BCUT2D eigenvalue weighted by Crippen LogP contribution is 2.40. The van der Waals surface area contributed by atoms with Gasteiger partial charge >= 0.3 is 0 Å². The third-order valence-corrected chi connectivity index (χ3v) is 6.05. The molecule has 4 nitrogen and oxygen atoms in total. The molecule has 0 saturated heterocycles. The van der Waals surface area contributed by atoms with E-state index in [0.29, 0.717) is 5.69 Å². The van der Waals surface area contributed by atoms with Crippen LogP contribution < -0.4 is 10.2 Å². The fourth-order valence-corrected chi connectivity index (χ4v) is 4.50. The van der Waals surface area contributed by atoms with Crippen molar-refractivity contribution in [3.8, 4) is 6.07 Å². The Kier molecular flexibility index (Phi) is 6.71. The number of rotatable bonds is 5. The maximum atomic E-state index is 12.7. The minimum Gasteiger partial charge on any atom is -0.362 e. The van der Waals surface area contributed by atoms with Gasteiger partial charge < -0.3 is 10.2 Å². The van der Waals surface area contributed by atoms with Crippen molar-refractivity contribution in [3.05, 3.63) is 69.2 Å². The third kappa shape index (κ3) is 4.91. The zero-order valence-electron chi connectivity index (χ0n) is 18.7. The van der Waals surface area contributed by atoms with Crippen molar-refractivity contribution in [2.24, 2.45) is 0 Å². The number of anilines is 2. The molecule has 0 atom stereocenters. The van der Waals surface area contributed by atoms with E-state index < -0.39 is 5.91 Å². The van der Waals surface area contributed by atoms with Gasteiger partial charge in [-0.05, 0) is 87.2 Å². The summed E-state index contributed by atoms with van der Waals surface area (Å²) < 4.78 is 0.861. The molecule has 160 valence electrons. The zero-order valence-corrected chi connectivity index (χ0v) is 20.3. The van der Waals surface area contributed by atoms with E-state index in [-0.39, 0.29) is 11.1 Å². The number of nitrogens with one attached hydrogen (secondary N) is 1. The lowest BCUT2D eigenvalue weighted by Crippen LogP contribution is -2.45. The maximum absolute atomic E-state index is 12.7. The Morgan fingerprint density at radius 2 is 2.00 bits per heavy atom. The quantitative estimate of drug-likeness (QED) is 0.384. The lowest BCUT2D eigenvalue weighted by Gasteiger charge is -2.43. The van der Waals surface area contributed by atoms with Gasteiger partial charge in [0.15, 0.2) is 0 Å². The first-order valence-electron chi connectivity index (χ1n) is 10.5. The number of amides is 1. The van der Waals surface area contributed by atoms with Crippen LogP contribution in [0.4, 0.5) is 11.4 Å². The van der Waals surface area contributed by atoms with Crippen molar-refractivity contribution in [1.82, 2.24) is 0 Å². The number of benzene rings is 2. The summed E-state index contributed by atoms with van der Waals surface area (Å²) in [5.41, 5.74) is 6.13. The second-order valence-electron chi connectivity index (χ2n) is 8.49. The summed E-state index contributed by atoms with van der Waals surface area (Å²) in [5.74, 6) is -0.418. The predicted octanol–water partition coefficient (Wildman–Crippen LogP) is 6.72. The van der Waals surface area contributed by atoms with E-state index in [1.54, 1.807) is 18.2 Å². The van der Waals surface area contributed by atoms with E-state index >= 15 is 0 Å².